The van der Waals surface area contributed by atoms with Crippen LogP contribution in [0.3, 0.4) is 0 Å². The van der Waals surface area contributed by atoms with Crippen molar-refractivity contribution in [1.82, 2.24) is 20.0 Å². The fourth-order valence-corrected chi connectivity index (χ4v) is 3.63. The zero-order chi connectivity index (χ0) is 15.4. The molecule has 2 heterocycles. The molecule has 0 spiro atoms. The molecule has 2 fully saturated rings. The smallest absolute Gasteiger partial charge is 0.240 e. The van der Waals surface area contributed by atoms with Crippen LogP contribution in [-0.4, -0.2) is 86.1 Å². The van der Waals surface area contributed by atoms with Crippen LogP contribution in [-0.2, 0) is 4.79 Å². The van der Waals surface area contributed by atoms with E-state index in [9.17, 15) is 4.79 Å². The summed E-state index contributed by atoms with van der Waals surface area (Å²) in [4.78, 5) is 19.2. The Morgan fingerprint density at radius 3 is 2.48 bits per heavy atom. The second-order valence-electron chi connectivity index (χ2n) is 7.12. The van der Waals surface area contributed by atoms with Crippen molar-refractivity contribution in [2.75, 3.05) is 53.4 Å². The maximum atomic E-state index is 12.4. The molecule has 0 saturated carbocycles. The average Bonchev–Trinajstić information content (AvgIpc) is 2.46. The quantitative estimate of drug-likeness (QED) is 0.818. The van der Waals surface area contributed by atoms with Gasteiger partial charge in [0.2, 0.25) is 5.91 Å². The van der Waals surface area contributed by atoms with Crippen molar-refractivity contribution < 1.29 is 4.79 Å². The number of nitrogens with zero attached hydrogens (tertiary/aromatic N) is 3. The summed E-state index contributed by atoms with van der Waals surface area (Å²) in [6.45, 7) is 10.9. The van der Waals surface area contributed by atoms with Crippen LogP contribution in [0.1, 0.15) is 26.7 Å². The zero-order valence-corrected chi connectivity index (χ0v) is 14.1. The first-order valence-electron chi connectivity index (χ1n) is 8.39. The monoisotopic (exact) mass is 296 g/mol. The Morgan fingerprint density at radius 1 is 1.24 bits per heavy atom. The second kappa shape index (κ2) is 7.56. The Balaban J connectivity index is 1.92. The number of piperazine rings is 1. The number of amides is 1. The van der Waals surface area contributed by atoms with Crippen molar-refractivity contribution in [3.63, 3.8) is 0 Å². The van der Waals surface area contributed by atoms with E-state index in [1.54, 1.807) is 4.90 Å². The minimum Gasteiger partial charge on any atom is -0.347 e. The highest BCUT2D eigenvalue weighted by atomic mass is 16.2. The summed E-state index contributed by atoms with van der Waals surface area (Å²) in [5.74, 6) is 0.982. The van der Waals surface area contributed by atoms with Crippen molar-refractivity contribution in [2.45, 2.75) is 38.8 Å². The molecule has 0 aromatic rings. The second-order valence-corrected chi connectivity index (χ2v) is 7.12. The predicted octanol–water partition coefficient (Wildman–Crippen LogP) is 0.469. The molecule has 2 rings (SSSR count). The normalized spacial score (nSPS) is 26.2. The number of carbonyl (C=O) groups is 1. The van der Waals surface area contributed by atoms with E-state index in [0.717, 1.165) is 25.6 Å². The van der Waals surface area contributed by atoms with E-state index in [1.165, 1.54) is 32.5 Å². The van der Waals surface area contributed by atoms with Crippen molar-refractivity contribution in [3.05, 3.63) is 0 Å². The summed E-state index contributed by atoms with van der Waals surface area (Å²) >= 11 is 0. The molecule has 0 aromatic heterocycles. The molecule has 5 heteroatoms. The number of likely N-dealkylation sites (tertiary alicyclic amines) is 1. The lowest BCUT2D eigenvalue weighted by molar-refractivity contribution is -0.136. The molecular weight excluding hydrogens is 264 g/mol. The molecule has 2 aliphatic heterocycles. The Morgan fingerprint density at radius 2 is 1.90 bits per heavy atom. The summed E-state index contributed by atoms with van der Waals surface area (Å²) in [6.07, 6.45) is 2.40. The zero-order valence-electron chi connectivity index (χ0n) is 14.1. The van der Waals surface area contributed by atoms with Crippen molar-refractivity contribution in [2.24, 2.45) is 5.92 Å². The molecule has 1 unspecified atom stereocenters. The minimum absolute atomic E-state index is 0.0235. The summed E-state index contributed by atoms with van der Waals surface area (Å²) in [6, 6.07) is 0.597. The van der Waals surface area contributed by atoms with E-state index in [2.05, 4.69) is 29.0 Å². The molecular formula is C16H32N4O. The number of piperidine rings is 1. The van der Waals surface area contributed by atoms with Gasteiger partial charge in [0.25, 0.3) is 0 Å². The van der Waals surface area contributed by atoms with Gasteiger partial charge in [0.05, 0.1) is 0 Å². The third-order valence-corrected chi connectivity index (χ3v) is 4.66. The topological polar surface area (TPSA) is 38.8 Å². The molecule has 0 aliphatic carbocycles. The van der Waals surface area contributed by atoms with E-state index in [0.29, 0.717) is 6.04 Å². The lowest BCUT2D eigenvalue weighted by Gasteiger charge is -2.44. The highest BCUT2D eigenvalue weighted by molar-refractivity contribution is 5.81. The van der Waals surface area contributed by atoms with Gasteiger partial charge in [-0.15, -0.1) is 0 Å². The van der Waals surface area contributed by atoms with Crippen LogP contribution in [0.5, 0.6) is 0 Å². The number of hydrogen-bond donors (Lipinski definition) is 1. The standard InChI is InChI=1S/C16H32N4O/c1-13(2)12-19-8-5-14(6-9-19)20-10-7-17-11-15(20)16(21)18(3)4/h13-15,17H,5-12H2,1-4H3. The first-order valence-corrected chi connectivity index (χ1v) is 8.39. The molecule has 1 atom stereocenters. The van der Waals surface area contributed by atoms with Gasteiger partial charge >= 0.3 is 0 Å². The first kappa shape index (κ1) is 16.7. The molecule has 0 radical (unpaired) electrons. The predicted molar refractivity (Wildman–Crippen MR) is 86.4 cm³/mol. The lowest BCUT2D eigenvalue weighted by atomic mass is 9.98. The van der Waals surface area contributed by atoms with Crippen LogP contribution in [0, 0.1) is 5.92 Å². The third-order valence-electron chi connectivity index (χ3n) is 4.66. The summed E-state index contributed by atoms with van der Waals surface area (Å²) < 4.78 is 0. The van der Waals surface area contributed by atoms with Crippen LogP contribution >= 0.6 is 0 Å². The summed E-state index contributed by atoms with van der Waals surface area (Å²) in [7, 11) is 3.72. The summed E-state index contributed by atoms with van der Waals surface area (Å²) in [5.41, 5.74) is 0. The van der Waals surface area contributed by atoms with E-state index in [4.69, 9.17) is 0 Å². The van der Waals surface area contributed by atoms with E-state index < -0.39 is 0 Å². The van der Waals surface area contributed by atoms with E-state index in [-0.39, 0.29) is 11.9 Å². The molecule has 1 amide bonds. The maximum absolute atomic E-state index is 12.4. The molecule has 122 valence electrons. The van der Waals surface area contributed by atoms with Crippen LogP contribution < -0.4 is 5.32 Å². The van der Waals surface area contributed by atoms with Gasteiger partial charge in [-0.2, -0.15) is 0 Å². The molecule has 5 nitrogen and oxygen atoms in total. The van der Waals surface area contributed by atoms with E-state index in [1.807, 2.05) is 14.1 Å². The lowest BCUT2D eigenvalue weighted by Crippen LogP contribution is -2.61. The number of nitrogens with one attached hydrogen (secondary N) is 1. The van der Waals surface area contributed by atoms with Crippen LogP contribution in [0.15, 0.2) is 0 Å². The third kappa shape index (κ3) is 4.41. The van der Waals surface area contributed by atoms with Gasteiger partial charge in [-0.1, -0.05) is 13.8 Å². The van der Waals surface area contributed by atoms with Gasteiger partial charge in [0.15, 0.2) is 0 Å². The average molecular weight is 296 g/mol. The molecule has 0 aromatic carbocycles. The van der Waals surface area contributed by atoms with Gasteiger partial charge in [0, 0.05) is 46.3 Å². The minimum atomic E-state index is 0.0235. The van der Waals surface area contributed by atoms with Crippen molar-refractivity contribution in [3.8, 4) is 0 Å². The van der Waals surface area contributed by atoms with Gasteiger partial charge in [0.1, 0.15) is 6.04 Å². The van der Waals surface area contributed by atoms with E-state index >= 15 is 0 Å². The Kier molecular flexibility index (Phi) is 6.02. The molecule has 1 N–H and O–H groups in total. The van der Waals surface area contributed by atoms with Gasteiger partial charge in [-0.25, -0.2) is 0 Å². The highest BCUT2D eigenvalue weighted by Gasteiger charge is 2.35. The van der Waals surface area contributed by atoms with Crippen molar-refractivity contribution in [1.29, 1.82) is 0 Å². The molecule has 2 aliphatic rings. The summed E-state index contributed by atoms with van der Waals surface area (Å²) in [5, 5.41) is 3.37. The Bertz CT molecular complexity index is 337. The van der Waals surface area contributed by atoms with Crippen LogP contribution in [0.25, 0.3) is 0 Å². The van der Waals surface area contributed by atoms with Gasteiger partial charge in [-0.05, 0) is 31.8 Å². The van der Waals surface area contributed by atoms with Crippen LogP contribution in [0.2, 0.25) is 0 Å². The highest BCUT2D eigenvalue weighted by Crippen LogP contribution is 2.21. The fraction of sp³-hybridized carbons (Fsp3) is 0.938. The number of carbonyl (C=O) groups excluding carboxylic acids is 1. The number of hydrogen-bond acceptors (Lipinski definition) is 4. The molecule has 2 saturated heterocycles. The Hall–Kier alpha value is -0.650. The van der Waals surface area contributed by atoms with Gasteiger partial charge < -0.3 is 15.1 Å². The molecule has 21 heavy (non-hydrogen) atoms. The largest absolute Gasteiger partial charge is 0.347 e. The Labute approximate surface area is 129 Å². The van der Waals surface area contributed by atoms with Crippen LogP contribution in [0.4, 0.5) is 0 Å². The molecule has 0 bridgehead atoms. The first-order chi connectivity index (χ1) is 9.99. The van der Waals surface area contributed by atoms with Gasteiger partial charge in [-0.3, -0.25) is 9.69 Å². The number of rotatable bonds is 4. The SMILES string of the molecule is CC(C)CN1CCC(N2CCNCC2C(=O)N(C)C)CC1. The maximum Gasteiger partial charge on any atom is 0.240 e. The van der Waals surface area contributed by atoms with Crippen molar-refractivity contribution >= 4 is 5.91 Å². The fourth-order valence-electron chi connectivity index (χ4n) is 3.63. The number of likely N-dealkylation sites (N-methyl/N-ethyl adjacent to an activating group) is 1.